The summed E-state index contributed by atoms with van der Waals surface area (Å²) in [5.74, 6) is 0. The van der Waals surface area contributed by atoms with Crippen LogP contribution in [0.1, 0.15) is 77.6 Å². The van der Waals surface area contributed by atoms with Crippen LogP contribution in [0, 0.1) is 0 Å². The molecule has 0 aromatic rings. The van der Waals surface area contributed by atoms with E-state index in [-0.39, 0.29) is 0 Å². The van der Waals surface area contributed by atoms with Gasteiger partial charge in [-0.05, 0) is 12.6 Å². The highest BCUT2D eigenvalue weighted by Gasteiger charge is 1.94. The fraction of sp³-hybridized carbons (Fsp3) is 0.875. The molecule has 0 aliphatic rings. The van der Waals surface area contributed by atoms with Gasteiger partial charge < -0.3 is 4.90 Å². The molecular weight excluding hydrogens is 206 g/mol. The molecule has 17 heavy (non-hydrogen) atoms. The van der Waals surface area contributed by atoms with Crippen LogP contribution in [-0.4, -0.2) is 18.5 Å². The molecule has 0 atom stereocenters. The first-order valence-corrected chi connectivity index (χ1v) is 7.64. The van der Waals surface area contributed by atoms with E-state index < -0.39 is 0 Å². The molecule has 0 aliphatic carbocycles. The van der Waals surface area contributed by atoms with Gasteiger partial charge in [0.15, 0.2) is 0 Å². The van der Waals surface area contributed by atoms with E-state index in [4.69, 9.17) is 0 Å². The van der Waals surface area contributed by atoms with Crippen LogP contribution in [-0.2, 0) is 0 Å². The number of unbranched alkanes of at least 4 members (excludes halogenated alkanes) is 10. The third kappa shape index (κ3) is 13.5. The van der Waals surface area contributed by atoms with Gasteiger partial charge in [0, 0.05) is 13.6 Å². The molecule has 0 amide bonds. The molecule has 1 heteroatoms. The second-order valence-corrected chi connectivity index (χ2v) is 5.20. The number of rotatable bonds is 13. The molecule has 0 saturated carbocycles. The molecule has 0 unspecified atom stereocenters. The van der Waals surface area contributed by atoms with Crippen LogP contribution in [0.3, 0.4) is 0 Å². The number of hydrogen-bond donors (Lipinski definition) is 0. The van der Waals surface area contributed by atoms with E-state index >= 15 is 0 Å². The van der Waals surface area contributed by atoms with Crippen molar-refractivity contribution in [1.82, 2.24) is 4.90 Å². The summed E-state index contributed by atoms with van der Waals surface area (Å²) in [5.41, 5.74) is 0. The van der Waals surface area contributed by atoms with Crippen molar-refractivity contribution in [2.45, 2.75) is 77.6 Å². The van der Waals surface area contributed by atoms with Crippen molar-refractivity contribution in [3.63, 3.8) is 0 Å². The van der Waals surface area contributed by atoms with Gasteiger partial charge in [0.05, 0.1) is 0 Å². The van der Waals surface area contributed by atoms with Crippen molar-refractivity contribution in [2.24, 2.45) is 0 Å². The van der Waals surface area contributed by atoms with E-state index in [1.54, 1.807) is 0 Å². The Kier molecular flexibility index (Phi) is 13.2. The smallest absolute Gasteiger partial charge is 0.0169 e. The van der Waals surface area contributed by atoms with Crippen molar-refractivity contribution >= 4 is 0 Å². The molecule has 0 aromatic carbocycles. The Balaban J connectivity index is 2.96. The van der Waals surface area contributed by atoms with Gasteiger partial charge in [-0.3, -0.25) is 0 Å². The maximum absolute atomic E-state index is 3.76. The Labute approximate surface area is 109 Å². The van der Waals surface area contributed by atoms with Crippen LogP contribution >= 0.6 is 0 Å². The average Bonchev–Trinajstić information content (AvgIpc) is 2.35. The van der Waals surface area contributed by atoms with Crippen LogP contribution in [0.4, 0.5) is 0 Å². The van der Waals surface area contributed by atoms with Gasteiger partial charge in [0.2, 0.25) is 0 Å². The first kappa shape index (κ1) is 16.5. The monoisotopic (exact) mass is 239 g/mol. The summed E-state index contributed by atoms with van der Waals surface area (Å²) in [6.45, 7) is 7.21. The predicted octanol–water partition coefficient (Wildman–Crippen LogP) is 5.37. The molecule has 102 valence electrons. The maximum atomic E-state index is 3.76. The van der Waals surface area contributed by atoms with E-state index in [9.17, 15) is 0 Å². The Morgan fingerprint density at radius 1 is 0.765 bits per heavy atom. The molecule has 0 aromatic heterocycles. The molecular formula is C16H33N. The highest BCUT2D eigenvalue weighted by molar-refractivity contribution is 4.65. The highest BCUT2D eigenvalue weighted by Crippen LogP contribution is 2.11. The molecule has 0 fully saturated rings. The summed E-state index contributed by atoms with van der Waals surface area (Å²) in [7, 11) is 2.10. The third-order valence-corrected chi connectivity index (χ3v) is 3.43. The topological polar surface area (TPSA) is 3.24 Å². The highest BCUT2D eigenvalue weighted by atomic mass is 15.1. The van der Waals surface area contributed by atoms with Crippen LogP contribution in [0.15, 0.2) is 12.8 Å². The van der Waals surface area contributed by atoms with Gasteiger partial charge in [-0.2, -0.15) is 0 Å². The first-order valence-electron chi connectivity index (χ1n) is 7.64. The average molecular weight is 239 g/mol. The molecule has 0 bridgehead atoms. The molecule has 0 aliphatic heterocycles. The van der Waals surface area contributed by atoms with Gasteiger partial charge in [-0.1, -0.05) is 77.7 Å². The standard InChI is InChI=1S/C16H33N/c1-4-6-7-8-9-10-11-12-13-14-15-16-17(3)5-2/h5H,2,4,6-16H2,1,3H3. The van der Waals surface area contributed by atoms with Gasteiger partial charge in [-0.15, -0.1) is 0 Å². The van der Waals surface area contributed by atoms with Gasteiger partial charge >= 0.3 is 0 Å². The summed E-state index contributed by atoms with van der Waals surface area (Å²) < 4.78 is 0. The second kappa shape index (κ2) is 13.6. The van der Waals surface area contributed by atoms with Crippen molar-refractivity contribution in [3.05, 3.63) is 12.8 Å². The summed E-state index contributed by atoms with van der Waals surface area (Å²) in [6.07, 6.45) is 17.5. The number of nitrogens with zero attached hydrogens (tertiary/aromatic N) is 1. The quantitative estimate of drug-likeness (QED) is 0.390. The maximum Gasteiger partial charge on any atom is 0.0169 e. The molecule has 0 heterocycles. The van der Waals surface area contributed by atoms with Crippen LogP contribution in [0.5, 0.6) is 0 Å². The van der Waals surface area contributed by atoms with Gasteiger partial charge in [0.25, 0.3) is 0 Å². The summed E-state index contributed by atoms with van der Waals surface area (Å²) in [5, 5.41) is 0. The van der Waals surface area contributed by atoms with E-state index in [0.717, 1.165) is 0 Å². The zero-order valence-corrected chi connectivity index (χ0v) is 12.2. The third-order valence-electron chi connectivity index (χ3n) is 3.43. The largest absolute Gasteiger partial charge is 0.381 e. The Bertz CT molecular complexity index is 154. The fourth-order valence-electron chi connectivity index (χ4n) is 2.12. The molecule has 0 spiro atoms. The minimum atomic E-state index is 1.17. The normalized spacial score (nSPS) is 10.5. The summed E-state index contributed by atoms with van der Waals surface area (Å²) >= 11 is 0. The van der Waals surface area contributed by atoms with Crippen LogP contribution in [0.25, 0.3) is 0 Å². The lowest BCUT2D eigenvalue weighted by Crippen LogP contribution is -2.11. The van der Waals surface area contributed by atoms with Gasteiger partial charge in [-0.25, -0.2) is 0 Å². The lowest BCUT2D eigenvalue weighted by Gasteiger charge is -2.12. The van der Waals surface area contributed by atoms with Crippen LogP contribution in [0.2, 0.25) is 0 Å². The second-order valence-electron chi connectivity index (χ2n) is 5.20. The van der Waals surface area contributed by atoms with Crippen molar-refractivity contribution in [3.8, 4) is 0 Å². The Morgan fingerprint density at radius 3 is 1.59 bits per heavy atom. The van der Waals surface area contributed by atoms with Crippen molar-refractivity contribution in [2.75, 3.05) is 13.6 Å². The Hall–Kier alpha value is -0.460. The zero-order valence-electron chi connectivity index (χ0n) is 12.2. The zero-order chi connectivity index (χ0) is 12.8. The lowest BCUT2D eigenvalue weighted by molar-refractivity contribution is 0.429. The minimum absolute atomic E-state index is 1.17. The van der Waals surface area contributed by atoms with Crippen LogP contribution < -0.4 is 0 Å². The van der Waals surface area contributed by atoms with Gasteiger partial charge in [0.1, 0.15) is 0 Å². The van der Waals surface area contributed by atoms with Crippen molar-refractivity contribution < 1.29 is 0 Å². The first-order chi connectivity index (χ1) is 8.31. The van der Waals surface area contributed by atoms with E-state index in [2.05, 4.69) is 25.5 Å². The molecule has 0 N–H and O–H groups in total. The minimum Gasteiger partial charge on any atom is -0.381 e. The predicted molar refractivity (Wildman–Crippen MR) is 79.3 cm³/mol. The molecule has 1 nitrogen and oxygen atoms in total. The fourth-order valence-corrected chi connectivity index (χ4v) is 2.12. The van der Waals surface area contributed by atoms with E-state index in [1.165, 1.54) is 77.2 Å². The lowest BCUT2D eigenvalue weighted by atomic mass is 10.1. The summed E-state index contributed by atoms with van der Waals surface area (Å²) in [4.78, 5) is 2.17. The van der Waals surface area contributed by atoms with E-state index in [1.807, 2.05) is 6.20 Å². The summed E-state index contributed by atoms with van der Waals surface area (Å²) in [6, 6.07) is 0. The molecule has 0 rings (SSSR count). The Morgan fingerprint density at radius 2 is 1.18 bits per heavy atom. The van der Waals surface area contributed by atoms with E-state index in [0.29, 0.717) is 0 Å². The SMILES string of the molecule is C=CN(C)CCCCCCCCCCCCC. The van der Waals surface area contributed by atoms with Crippen molar-refractivity contribution in [1.29, 1.82) is 0 Å². The molecule has 0 saturated heterocycles. The molecule has 0 radical (unpaired) electrons. The number of hydrogen-bond acceptors (Lipinski definition) is 1.